The number of aliphatic hydroxyl groups is 1. The number of nitrogens with one attached hydrogen (secondary N) is 1. The van der Waals surface area contributed by atoms with Gasteiger partial charge in [-0.25, -0.2) is 0 Å². The third-order valence-electron chi connectivity index (χ3n) is 2.88. The molecule has 0 fully saturated rings. The van der Waals surface area contributed by atoms with Gasteiger partial charge in [-0.15, -0.1) is 0 Å². The van der Waals surface area contributed by atoms with Gasteiger partial charge >= 0.3 is 0 Å². The maximum Gasteiger partial charge on any atom is 0.0615 e. The summed E-state index contributed by atoms with van der Waals surface area (Å²) in [5, 5.41) is 12.8. The van der Waals surface area contributed by atoms with Gasteiger partial charge in [0.05, 0.1) is 13.2 Å². The van der Waals surface area contributed by atoms with Crippen LogP contribution >= 0.6 is 0 Å². The molecule has 0 aliphatic rings. The number of hydrogen-bond donors (Lipinski definition) is 2. The Bertz CT molecular complexity index is 290. The summed E-state index contributed by atoms with van der Waals surface area (Å²) in [6.45, 7) is 2.95. The highest BCUT2D eigenvalue weighted by molar-refractivity contribution is 5.15. The minimum atomic E-state index is 0.0949. The number of benzene rings is 1. The Balaban J connectivity index is 2.48. The second kappa shape index (κ2) is 8.23. The monoisotopic (exact) mass is 237 g/mol. The smallest absolute Gasteiger partial charge is 0.0615 e. The summed E-state index contributed by atoms with van der Waals surface area (Å²) in [5.41, 5.74) is 1.24. The van der Waals surface area contributed by atoms with Gasteiger partial charge in [-0.2, -0.15) is 0 Å². The Labute approximate surface area is 104 Å². The molecule has 1 unspecified atom stereocenters. The molecular formula is C14H23NO2. The Morgan fingerprint density at radius 3 is 2.47 bits per heavy atom. The molecule has 0 radical (unpaired) electrons. The average Bonchev–Trinajstić information content (AvgIpc) is 2.38. The fraction of sp³-hybridized carbons (Fsp3) is 0.571. The van der Waals surface area contributed by atoms with E-state index in [0.29, 0.717) is 12.6 Å². The van der Waals surface area contributed by atoms with Crippen molar-refractivity contribution in [3.05, 3.63) is 35.9 Å². The molecule has 3 nitrogen and oxygen atoms in total. The molecule has 2 N–H and O–H groups in total. The zero-order valence-corrected chi connectivity index (χ0v) is 10.7. The summed E-state index contributed by atoms with van der Waals surface area (Å²) in [6, 6.07) is 10.6. The lowest BCUT2D eigenvalue weighted by molar-refractivity contribution is 0.146. The summed E-state index contributed by atoms with van der Waals surface area (Å²) in [7, 11) is 1.70. The predicted molar refractivity (Wildman–Crippen MR) is 70.1 cm³/mol. The maximum atomic E-state index is 9.40. The van der Waals surface area contributed by atoms with Crippen LogP contribution in [0.4, 0.5) is 0 Å². The normalized spacial score (nSPS) is 14.5. The van der Waals surface area contributed by atoms with Crippen LogP contribution in [-0.4, -0.2) is 37.5 Å². The van der Waals surface area contributed by atoms with Gasteiger partial charge in [0, 0.05) is 19.2 Å². The quantitative estimate of drug-likeness (QED) is 0.721. The van der Waals surface area contributed by atoms with E-state index in [9.17, 15) is 5.11 Å². The lowest BCUT2D eigenvalue weighted by Gasteiger charge is -2.23. The Morgan fingerprint density at radius 1 is 1.24 bits per heavy atom. The van der Waals surface area contributed by atoms with Crippen LogP contribution in [0.1, 0.15) is 18.9 Å². The second-order valence-electron chi connectivity index (χ2n) is 4.30. The molecule has 0 saturated heterocycles. The standard InChI is InChI=1S/C14H23NO2/c1-3-13(11-17-2)15-14(10-16)9-12-7-5-4-6-8-12/h4-8,13-16H,3,9-11H2,1-2H3/t13?,14-/m0/s1. The van der Waals surface area contributed by atoms with Crippen LogP contribution in [0.2, 0.25) is 0 Å². The minimum absolute atomic E-state index is 0.0949. The molecule has 1 aromatic carbocycles. The van der Waals surface area contributed by atoms with Gasteiger partial charge < -0.3 is 15.2 Å². The van der Waals surface area contributed by atoms with Crippen molar-refractivity contribution in [2.45, 2.75) is 31.8 Å². The molecule has 0 heterocycles. The molecule has 17 heavy (non-hydrogen) atoms. The predicted octanol–water partition coefficient (Wildman–Crippen LogP) is 1.60. The first-order valence-electron chi connectivity index (χ1n) is 6.19. The molecule has 0 aliphatic heterocycles. The van der Waals surface area contributed by atoms with Crippen LogP contribution in [0.15, 0.2) is 30.3 Å². The highest BCUT2D eigenvalue weighted by Crippen LogP contribution is 2.04. The molecule has 2 atom stereocenters. The van der Waals surface area contributed by atoms with Crippen LogP contribution < -0.4 is 5.32 Å². The van der Waals surface area contributed by atoms with E-state index < -0.39 is 0 Å². The van der Waals surface area contributed by atoms with E-state index in [2.05, 4.69) is 24.4 Å². The number of hydrogen-bond acceptors (Lipinski definition) is 3. The van der Waals surface area contributed by atoms with Crippen molar-refractivity contribution in [2.75, 3.05) is 20.3 Å². The molecule has 1 rings (SSSR count). The van der Waals surface area contributed by atoms with Crippen molar-refractivity contribution in [2.24, 2.45) is 0 Å². The fourth-order valence-electron chi connectivity index (χ4n) is 1.89. The van der Waals surface area contributed by atoms with Gasteiger partial charge in [0.25, 0.3) is 0 Å². The Kier molecular flexibility index (Phi) is 6.86. The van der Waals surface area contributed by atoms with Crippen LogP contribution in [0.5, 0.6) is 0 Å². The third kappa shape index (κ3) is 5.31. The van der Waals surface area contributed by atoms with Crippen LogP contribution in [0.25, 0.3) is 0 Å². The first-order chi connectivity index (χ1) is 8.30. The van der Waals surface area contributed by atoms with Crippen LogP contribution in [0.3, 0.4) is 0 Å². The van der Waals surface area contributed by atoms with Crippen molar-refractivity contribution in [1.82, 2.24) is 5.32 Å². The summed E-state index contributed by atoms with van der Waals surface area (Å²) in [5.74, 6) is 0. The molecule has 96 valence electrons. The topological polar surface area (TPSA) is 41.5 Å². The van der Waals surface area contributed by atoms with E-state index in [4.69, 9.17) is 4.74 Å². The van der Waals surface area contributed by atoms with Crippen LogP contribution in [-0.2, 0) is 11.2 Å². The second-order valence-corrected chi connectivity index (χ2v) is 4.30. The average molecular weight is 237 g/mol. The van der Waals surface area contributed by atoms with Gasteiger partial charge in [-0.05, 0) is 18.4 Å². The van der Waals surface area contributed by atoms with E-state index in [1.807, 2.05) is 18.2 Å². The van der Waals surface area contributed by atoms with Gasteiger partial charge in [0.15, 0.2) is 0 Å². The van der Waals surface area contributed by atoms with Gasteiger partial charge in [0.1, 0.15) is 0 Å². The third-order valence-corrected chi connectivity index (χ3v) is 2.88. The Hall–Kier alpha value is -0.900. The number of methoxy groups -OCH3 is 1. The SMILES string of the molecule is CCC(COC)N[C@H](CO)Cc1ccccc1. The number of aliphatic hydroxyl groups excluding tert-OH is 1. The Morgan fingerprint density at radius 2 is 1.94 bits per heavy atom. The van der Waals surface area contributed by atoms with Crippen molar-refractivity contribution < 1.29 is 9.84 Å². The van der Waals surface area contributed by atoms with Crippen LogP contribution in [0, 0.1) is 0 Å². The molecule has 0 bridgehead atoms. The van der Waals surface area contributed by atoms with Gasteiger partial charge in [-0.1, -0.05) is 37.3 Å². The van der Waals surface area contributed by atoms with Crippen molar-refractivity contribution in [3.63, 3.8) is 0 Å². The fourth-order valence-corrected chi connectivity index (χ4v) is 1.89. The van der Waals surface area contributed by atoms with E-state index in [1.165, 1.54) is 5.56 Å². The van der Waals surface area contributed by atoms with Crippen molar-refractivity contribution in [3.8, 4) is 0 Å². The molecule has 0 aliphatic carbocycles. The van der Waals surface area contributed by atoms with E-state index in [-0.39, 0.29) is 12.6 Å². The molecule has 0 aromatic heterocycles. The summed E-state index contributed by atoms with van der Waals surface area (Å²) in [6.07, 6.45) is 1.84. The van der Waals surface area contributed by atoms with E-state index in [1.54, 1.807) is 7.11 Å². The lowest BCUT2D eigenvalue weighted by atomic mass is 10.1. The summed E-state index contributed by atoms with van der Waals surface area (Å²) >= 11 is 0. The van der Waals surface area contributed by atoms with Gasteiger partial charge in [0.2, 0.25) is 0 Å². The van der Waals surface area contributed by atoms with E-state index in [0.717, 1.165) is 12.8 Å². The summed E-state index contributed by atoms with van der Waals surface area (Å²) < 4.78 is 5.15. The minimum Gasteiger partial charge on any atom is -0.395 e. The molecule has 0 spiro atoms. The molecule has 0 saturated carbocycles. The number of ether oxygens (including phenoxy) is 1. The number of rotatable bonds is 8. The zero-order valence-electron chi connectivity index (χ0n) is 10.7. The first-order valence-corrected chi connectivity index (χ1v) is 6.19. The molecule has 0 amide bonds. The van der Waals surface area contributed by atoms with Gasteiger partial charge in [-0.3, -0.25) is 0 Å². The molecule has 1 aromatic rings. The highest BCUT2D eigenvalue weighted by Gasteiger charge is 2.13. The largest absolute Gasteiger partial charge is 0.395 e. The summed E-state index contributed by atoms with van der Waals surface area (Å²) in [4.78, 5) is 0. The molecular weight excluding hydrogens is 214 g/mol. The first kappa shape index (κ1) is 14.2. The van der Waals surface area contributed by atoms with Crippen molar-refractivity contribution >= 4 is 0 Å². The lowest BCUT2D eigenvalue weighted by Crippen LogP contribution is -2.43. The zero-order chi connectivity index (χ0) is 12.5. The van der Waals surface area contributed by atoms with E-state index >= 15 is 0 Å². The maximum absolute atomic E-state index is 9.40. The van der Waals surface area contributed by atoms with Crippen molar-refractivity contribution in [1.29, 1.82) is 0 Å². The molecule has 3 heteroatoms. The highest BCUT2D eigenvalue weighted by atomic mass is 16.5.